The molecule has 1 amide bonds. The van der Waals surface area contributed by atoms with Gasteiger partial charge < -0.3 is 15.4 Å². The Bertz CT molecular complexity index is 894. The van der Waals surface area contributed by atoms with E-state index in [9.17, 15) is 9.18 Å². The van der Waals surface area contributed by atoms with Crippen LogP contribution in [0.25, 0.3) is 5.69 Å². The Morgan fingerprint density at radius 3 is 2.78 bits per heavy atom. The van der Waals surface area contributed by atoms with E-state index in [4.69, 9.17) is 22.1 Å². The molecule has 1 aromatic heterocycles. The van der Waals surface area contributed by atoms with Gasteiger partial charge in [0.1, 0.15) is 5.60 Å². The van der Waals surface area contributed by atoms with Crippen molar-refractivity contribution in [3.05, 3.63) is 39.4 Å². The van der Waals surface area contributed by atoms with E-state index in [1.165, 1.54) is 0 Å². The molecule has 1 aliphatic rings. The fraction of sp³-hybridized carbons (Fsp3) is 0.444. The zero-order valence-electron chi connectivity index (χ0n) is 15.4. The fourth-order valence-corrected chi connectivity index (χ4v) is 3.58. The molecule has 3 rings (SSSR count). The summed E-state index contributed by atoms with van der Waals surface area (Å²) in [5.74, 6) is -0.355. The van der Waals surface area contributed by atoms with Crippen molar-refractivity contribution in [3.63, 3.8) is 0 Å². The maximum Gasteiger partial charge on any atom is 0.410 e. The number of alkyl halides is 1. The Hall–Kier alpha value is -1.80. The Kier molecular flexibility index (Phi) is 5.40. The smallest absolute Gasteiger partial charge is 0.410 e. The lowest BCUT2D eigenvalue weighted by atomic mass is 10.1. The van der Waals surface area contributed by atoms with Gasteiger partial charge in [-0.3, -0.25) is 0 Å². The van der Waals surface area contributed by atoms with Gasteiger partial charge in [-0.1, -0.05) is 0 Å². The van der Waals surface area contributed by atoms with Crippen LogP contribution in [0, 0.1) is 5.82 Å². The molecule has 9 heteroatoms. The number of aromatic nitrogens is 2. The highest BCUT2D eigenvalue weighted by molar-refractivity contribution is 9.10. The minimum Gasteiger partial charge on any atom is -0.444 e. The standard InChI is InChI=1S/C18H21BrClFN4O2/c1-18(2,3)27-17(26)24-7-6-13-10(9-24)12(8-20)23-25(13)14-5-4-11(19)15(21)16(14)22/h4-5H,6-9,22H2,1-3H3. The van der Waals surface area contributed by atoms with Crippen LogP contribution in [0.15, 0.2) is 16.6 Å². The van der Waals surface area contributed by atoms with Crippen LogP contribution in [-0.4, -0.2) is 32.9 Å². The van der Waals surface area contributed by atoms with Crippen LogP contribution >= 0.6 is 27.5 Å². The first-order valence-corrected chi connectivity index (χ1v) is 9.82. The first-order chi connectivity index (χ1) is 12.6. The van der Waals surface area contributed by atoms with Crippen LogP contribution in [-0.2, 0) is 23.6 Å². The van der Waals surface area contributed by atoms with Crippen LogP contribution in [0.3, 0.4) is 0 Å². The summed E-state index contributed by atoms with van der Waals surface area (Å²) >= 11 is 9.20. The SMILES string of the molecule is CC(C)(C)OC(=O)N1CCc2c(c(CCl)nn2-c2ccc(Br)c(F)c2N)C1. The highest BCUT2D eigenvalue weighted by Gasteiger charge is 2.30. The molecule has 2 heterocycles. The van der Waals surface area contributed by atoms with Crippen molar-refractivity contribution in [3.8, 4) is 5.69 Å². The van der Waals surface area contributed by atoms with Gasteiger partial charge in [0, 0.05) is 18.5 Å². The Morgan fingerprint density at radius 1 is 1.44 bits per heavy atom. The summed E-state index contributed by atoms with van der Waals surface area (Å²) < 4.78 is 21.6. The van der Waals surface area contributed by atoms with E-state index in [2.05, 4.69) is 21.0 Å². The third kappa shape index (κ3) is 3.91. The largest absolute Gasteiger partial charge is 0.444 e. The highest BCUT2D eigenvalue weighted by atomic mass is 79.9. The van der Waals surface area contributed by atoms with Gasteiger partial charge >= 0.3 is 6.09 Å². The molecule has 6 nitrogen and oxygen atoms in total. The third-order valence-corrected chi connectivity index (χ3v) is 5.12. The maximum absolute atomic E-state index is 14.2. The van der Waals surface area contributed by atoms with Crippen molar-refractivity contribution in [2.75, 3.05) is 12.3 Å². The molecule has 0 unspecified atom stereocenters. The molecule has 0 radical (unpaired) electrons. The molecule has 27 heavy (non-hydrogen) atoms. The molecule has 146 valence electrons. The number of anilines is 1. The van der Waals surface area contributed by atoms with Crippen LogP contribution in [0.2, 0.25) is 0 Å². The highest BCUT2D eigenvalue weighted by Crippen LogP contribution is 2.32. The number of nitrogens with zero attached hydrogens (tertiary/aromatic N) is 3. The molecule has 0 bridgehead atoms. The molecule has 0 atom stereocenters. The van der Waals surface area contributed by atoms with Gasteiger partial charge in [0.25, 0.3) is 0 Å². The molecular formula is C18H21BrClFN4O2. The van der Waals surface area contributed by atoms with Crippen molar-refractivity contribution >= 4 is 39.3 Å². The van der Waals surface area contributed by atoms with Gasteiger partial charge in [-0.2, -0.15) is 5.10 Å². The maximum atomic E-state index is 14.2. The second kappa shape index (κ2) is 7.31. The average molecular weight is 460 g/mol. The van der Waals surface area contributed by atoms with E-state index >= 15 is 0 Å². The number of nitrogen functional groups attached to an aromatic ring is 1. The Balaban J connectivity index is 1.98. The predicted octanol–water partition coefficient (Wildman–Crippen LogP) is 4.39. The molecular weight excluding hydrogens is 439 g/mol. The summed E-state index contributed by atoms with van der Waals surface area (Å²) in [6.45, 7) is 6.29. The molecule has 0 saturated heterocycles. The lowest BCUT2D eigenvalue weighted by Crippen LogP contribution is -2.40. The monoisotopic (exact) mass is 458 g/mol. The van der Waals surface area contributed by atoms with Crippen molar-refractivity contribution < 1.29 is 13.9 Å². The molecule has 0 aliphatic carbocycles. The molecule has 1 aliphatic heterocycles. The molecule has 0 fully saturated rings. The van der Waals surface area contributed by atoms with Crippen LogP contribution < -0.4 is 5.73 Å². The Labute approximate surface area is 170 Å². The minimum absolute atomic E-state index is 0.00497. The van der Waals surface area contributed by atoms with Crippen LogP contribution in [0.4, 0.5) is 14.9 Å². The van der Waals surface area contributed by atoms with E-state index in [-0.39, 0.29) is 17.7 Å². The fourth-order valence-electron chi connectivity index (χ4n) is 3.02. The normalized spacial score (nSPS) is 14.2. The molecule has 2 aromatic rings. The van der Waals surface area contributed by atoms with Gasteiger partial charge in [-0.25, -0.2) is 13.9 Å². The Morgan fingerprint density at radius 2 is 2.15 bits per heavy atom. The number of nitrogens with two attached hydrogens (primary N) is 1. The van der Waals surface area contributed by atoms with Crippen molar-refractivity contribution in [2.24, 2.45) is 0 Å². The van der Waals surface area contributed by atoms with Crippen molar-refractivity contribution in [2.45, 2.75) is 45.2 Å². The molecule has 1 aromatic carbocycles. The zero-order valence-corrected chi connectivity index (χ0v) is 17.7. The topological polar surface area (TPSA) is 73.4 Å². The number of hydrogen-bond donors (Lipinski definition) is 1. The molecule has 0 spiro atoms. The first kappa shape index (κ1) is 19.9. The van der Waals surface area contributed by atoms with E-state index in [1.807, 2.05) is 20.8 Å². The summed E-state index contributed by atoms with van der Waals surface area (Å²) in [4.78, 5) is 14.0. The summed E-state index contributed by atoms with van der Waals surface area (Å²) in [7, 11) is 0. The second-order valence-corrected chi connectivity index (χ2v) is 8.49. The summed E-state index contributed by atoms with van der Waals surface area (Å²) in [6.07, 6.45) is 0.158. The second-order valence-electron chi connectivity index (χ2n) is 7.36. The average Bonchev–Trinajstić information content (AvgIpc) is 2.96. The first-order valence-electron chi connectivity index (χ1n) is 8.49. The van der Waals surface area contributed by atoms with Gasteiger partial charge in [0.2, 0.25) is 0 Å². The van der Waals surface area contributed by atoms with Crippen molar-refractivity contribution in [1.82, 2.24) is 14.7 Å². The number of rotatable bonds is 2. The molecule has 0 saturated carbocycles. The van der Waals surface area contributed by atoms with E-state index in [0.29, 0.717) is 35.4 Å². The summed E-state index contributed by atoms with van der Waals surface area (Å²) in [6, 6.07) is 3.29. The number of ether oxygens (including phenoxy) is 1. The number of fused-ring (bicyclic) bond motifs is 1. The van der Waals surface area contributed by atoms with Crippen LogP contribution in [0.5, 0.6) is 0 Å². The van der Waals surface area contributed by atoms with E-state index in [1.54, 1.807) is 21.7 Å². The number of hydrogen-bond acceptors (Lipinski definition) is 4. The minimum atomic E-state index is -0.569. The van der Waals surface area contributed by atoms with Gasteiger partial charge in [-0.15, -0.1) is 11.6 Å². The third-order valence-electron chi connectivity index (χ3n) is 4.26. The number of carbonyl (C=O) groups excluding carboxylic acids is 1. The van der Waals surface area contributed by atoms with Crippen molar-refractivity contribution in [1.29, 1.82) is 0 Å². The van der Waals surface area contributed by atoms with Gasteiger partial charge in [0.15, 0.2) is 5.82 Å². The quantitative estimate of drug-likeness (QED) is 0.534. The van der Waals surface area contributed by atoms with E-state index in [0.717, 1.165) is 11.3 Å². The summed E-state index contributed by atoms with van der Waals surface area (Å²) in [5, 5.41) is 4.52. The summed E-state index contributed by atoms with van der Waals surface area (Å²) in [5.41, 5.74) is 8.22. The zero-order chi connectivity index (χ0) is 19.9. The number of benzene rings is 1. The molecule has 2 N–H and O–H groups in total. The lowest BCUT2D eigenvalue weighted by Gasteiger charge is -2.30. The van der Waals surface area contributed by atoms with Crippen LogP contribution in [0.1, 0.15) is 37.7 Å². The van der Waals surface area contributed by atoms with Gasteiger partial charge in [-0.05, 0) is 48.8 Å². The number of carbonyl (C=O) groups is 1. The lowest BCUT2D eigenvalue weighted by molar-refractivity contribution is 0.0222. The van der Waals surface area contributed by atoms with E-state index < -0.39 is 11.4 Å². The number of amides is 1. The predicted molar refractivity (Wildman–Crippen MR) is 106 cm³/mol. The van der Waals surface area contributed by atoms with Gasteiger partial charge in [0.05, 0.1) is 39.7 Å². The number of halogens is 3.